The summed E-state index contributed by atoms with van der Waals surface area (Å²) in [4.78, 5) is 12.2. The SMILES string of the molecule is CCCCCCCCC=CCCCCCCCCCCCCC(CC)([P+](=O)[O-])[N+](C)(C)CCC. The van der Waals surface area contributed by atoms with Crippen LogP contribution < -0.4 is 4.89 Å². The zero-order valence-corrected chi connectivity index (χ0v) is 24.8. The fourth-order valence-electron chi connectivity index (χ4n) is 5.48. The molecule has 0 saturated heterocycles. The van der Waals surface area contributed by atoms with Gasteiger partial charge in [-0.3, -0.25) is 4.48 Å². The predicted octanol–water partition coefficient (Wildman–Crippen LogP) is 9.67. The molecule has 3 nitrogen and oxygen atoms in total. The first-order valence-corrected chi connectivity index (χ1v) is 16.2. The molecule has 0 N–H and O–H groups in total. The highest BCUT2D eigenvalue weighted by Gasteiger charge is 2.54. The average molecular weight is 499 g/mol. The summed E-state index contributed by atoms with van der Waals surface area (Å²) in [5, 5.41) is -0.589. The maximum absolute atomic E-state index is 12.2. The summed E-state index contributed by atoms with van der Waals surface area (Å²) >= 11 is 0. The molecule has 0 bridgehead atoms. The highest BCUT2D eigenvalue weighted by atomic mass is 31.1. The smallest absolute Gasteiger partial charge is 0.376 e. The summed E-state index contributed by atoms with van der Waals surface area (Å²) in [6.07, 6.45) is 31.2. The van der Waals surface area contributed by atoms with Crippen molar-refractivity contribution in [1.29, 1.82) is 0 Å². The molecule has 0 saturated carbocycles. The lowest BCUT2D eigenvalue weighted by Gasteiger charge is -2.42. The molecule has 0 spiro atoms. The molecule has 34 heavy (non-hydrogen) atoms. The van der Waals surface area contributed by atoms with Crippen molar-refractivity contribution in [3.63, 3.8) is 0 Å². The molecule has 0 amide bonds. The van der Waals surface area contributed by atoms with E-state index in [-0.39, 0.29) is 0 Å². The van der Waals surface area contributed by atoms with Gasteiger partial charge in [-0.25, -0.2) is 0 Å². The van der Waals surface area contributed by atoms with E-state index in [4.69, 9.17) is 0 Å². The minimum Gasteiger partial charge on any atom is -0.590 e. The Kier molecular flexibility index (Phi) is 21.8. The molecule has 0 aliphatic heterocycles. The molecule has 0 aliphatic carbocycles. The Morgan fingerprint density at radius 2 is 1.06 bits per heavy atom. The number of hydrogen-bond donors (Lipinski definition) is 0. The molecule has 0 rings (SSSR count). The fraction of sp³-hybridized carbons (Fsp3) is 0.933. The van der Waals surface area contributed by atoms with Crippen molar-refractivity contribution in [3.8, 4) is 0 Å². The van der Waals surface area contributed by atoms with Crippen LogP contribution in [0.2, 0.25) is 0 Å². The fourth-order valence-corrected chi connectivity index (χ4v) is 6.62. The van der Waals surface area contributed by atoms with Crippen LogP contribution in [0.4, 0.5) is 0 Å². The van der Waals surface area contributed by atoms with Gasteiger partial charge in [0.2, 0.25) is 0 Å². The molecule has 0 fully saturated rings. The molecular formula is C30H61NO2P+. The third-order valence-corrected chi connectivity index (χ3v) is 9.67. The molecule has 0 heterocycles. The third-order valence-electron chi connectivity index (χ3n) is 7.90. The molecular weight excluding hydrogens is 437 g/mol. The Morgan fingerprint density at radius 1 is 0.647 bits per heavy atom. The van der Waals surface area contributed by atoms with Crippen LogP contribution in [0.1, 0.15) is 156 Å². The van der Waals surface area contributed by atoms with Gasteiger partial charge in [-0.15, -0.1) is 0 Å². The first-order valence-electron chi connectivity index (χ1n) is 15.0. The van der Waals surface area contributed by atoms with Gasteiger partial charge >= 0.3 is 8.03 Å². The van der Waals surface area contributed by atoms with Crippen molar-refractivity contribution >= 4 is 8.03 Å². The van der Waals surface area contributed by atoms with Gasteiger partial charge in [-0.1, -0.05) is 121 Å². The molecule has 0 aromatic heterocycles. The minimum absolute atomic E-state index is 0.589. The van der Waals surface area contributed by atoms with Crippen molar-refractivity contribution in [2.24, 2.45) is 0 Å². The number of rotatable bonds is 25. The van der Waals surface area contributed by atoms with Gasteiger partial charge in [0.05, 0.1) is 20.6 Å². The lowest BCUT2D eigenvalue weighted by molar-refractivity contribution is -0.928. The molecule has 202 valence electrons. The van der Waals surface area contributed by atoms with E-state index >= 15 is 0 Å². The number of unbranched alkanes of at least 4 members (excludes halogenated alkanes) is 16. The Morgan fingerprint density at radius 3 is 1.44 bits per heavy atom. The Bertz CT molecular complexity index is 506. The van der Waals surface area contributed by atoms with E-state index in [1.807, 2.05) is 6.92 Å². The molecule has 0 aromatic rings. The van der Waals surface area contributed by atoms with Gasteiger partial charge in [0.1, 0.15) is 0 Å². The van der Waals surface area contributed by atoms with E-state index in [0.29, 0.717) is 10.9 Å². The Hall–Kier alpha value is -0.240. The van der Waals surface area contributed by atoms with Crippen molar-refractivity contribution in [2.45, 2.75) is 161 Å². The molecule has 0 aliphatic rings. The largest absolute Gasteiger partial charge is 0.590 e. The lowest BCUT2D eigenvalue weighted by Crippen LogP contribution is -2.58. The molecule has 2 unspecified atom stereocenters. The van der Waals surface area contributed by atoms with Crippen molar-refractivity contribution in [2.75, 3.05) is 20.6 Å². The monoisotopic (exact) mass is 498 g/mol. The van der Waals surface area contributed by atoms with Crippen LogP contribution in [0.3, 0.4) is 0 Å². The van der Waals surface area contributed by atoms with Crippen molar-refractivity contribution < 1.29 is 13.9 Å². The van der Waals surface area contributed by atoms with Gasteiger partial charge in [0.15, 0.2) is 0 Å². The zero-order chi connectivity index (χ0) is 25.5. The average Bonchev–Trinajstić information content (AvgIpc) is 2.80. The van der Waals surface area contributed by atoms with Gasteiger partial charge in [-0.2, -0.15) is 0 Å². The second-order valence-electron chi connectivity index (χ2n) is 11.1. The number of hydrogen-bond acceptors (Lipinski definition) is 2. The van der Waals surface area contributed by atoms with E-state index < -0.39 is 13.3 Å². The van der Waals surface area contributed by atoms with Gasteiger partial charge in [0.25, 0.3) is 5.28 Å². The van der Waals surface area contributed by atoms with Gasteiger partial charge < -0.3 is 4.89 Å². The van der Waals surface area contributed by atoms with Crippen molar-refractivity contribution in [3.05, 3.63) is 12.2 Å². The third kappa shape index (κ3) is 15.0. The van der Waals surface area contributed by atoms with Crippen LogP contribution in [0.5, 0.6) is 0 Å². The summed E-state index contributed by atoms with van der Waals surface area (Å²) in [5.41, 5.74) is 0. The van der Waals surface area contributed by atoms with E-state index in [9.17, 15) is 9.46 Å². The predicted molar refractivity (Wildman–Crippen MR) is 150 cm³/mol. The highest BCUT2D eigenvalue weighted by Crippen LogP contribution is 2.46. The second kappa shape index (κ2) is 22.0. The number of quaternary nitrogens is 1. The first kappa shape index (κ1) is 33.8. The van der Waals surface area contributed by atoms with Crippen molar-refractivity contribution in [1.82, 2.24) is 0 Å². The van der Waals surface area contributed by atoms with Crippen LogP contribution in [0.15, 0.2) is 12.2 Å². The highest BCUT2D eigenvalue weighted by molar-refractivity contribution is 7.38. The Labute approximate surface area is 215 Å². The van der Waals surface area contributed by atoms with Crippen LogP contribution in [-0.2, 0) is 4.57 Å². The maximum atomic E-state index is 12.2. The molecule has 0 aromatic carbocycles. The Balaban J connectivity index is 3.66. The standard InChI is InChI=1S/C30H61NO2P/c1-6-9-10-11-12-13-14-15-16-17-18-19-20-21-22-23-24-25-26-27-28-30(8-3,34(32)33)31(4,5)29-7-2/h15-16H,6-14,17-29H2,1-5H3/q+1. The number of nitrogens with zero attached hydrogens (tertiary/aromatic N) is 1. The van der Waals surface area contributed by atoms with E-state index in [0.717, 1.165) is 25.8 Å². The van der Waals surface area contributed by atoms with E-state index in [1.54, 1.807) is 0 Å². The quantitative estimate of drug-likeness (QED) is 0.0544. The van der Waals surface area contributed by atoms with Crippen LogP contribution in [-0.4, -0.2) is 30.4 Å². The van der Waals surface area contributed by atoms with Crippen LogP contribution in [0.25, 0.3) is 0 Å². The summed E-state index contributed by atoms with van der Waals surface area (Å²) in [5.74, 6) is 0. The number of allylic oxidation sites excluding steroid dienone is 2. The molecule has 2 atom stereocenters. The van der Waals surface area contributed by atoms with Crippen LogP contribution in [0, 0.1) is 0 Å². The summed E-state index contributed by atoms with van der Waals surface area (Å²) < 4.78 is 12.8. The maximum Gasteiger partial charge on any atom is 0.376 e. The second-order valence-corrected chi connectivity index (χ2v) is 12.5. The van der Waals surface area contributed by atoms with Gasteiger partial charge in [0, 0.05) is 12.8 Å². The summed E-state index contributed by atoms with van der Waals surface area (Å²) in [6.45, 7) is 7.40. The topological polar surface area (TPSA) is 40.1 Å². The van der Waals surface area contributed by atoms with E-state index in [2.05, 4.69) is 40.1 Å². The minimum atomic E-state index is -2.43. The zero-order valence-electron chi connectivity index (χ0n) is 23.9. The first-order chi connectivity index (χ1) is 16.4. The van der Waals surface area contributed by atoms with E-state index in [1.165, 1.54) is 109 Å². The molecule has 0 radical (unpaired) electrons. The summed E-state index contributed by atoms with van der Waals surface area (Å²) in [6, 6.07) is 0. The summed E-state index contributed by atoms with van der Waals surface area (Å²) in [7, 11) is 1.78. The normalized spacial score (nSPS) is 14.6. The van der Waals surface area contributed by atoms with Gasteiger partial charge in [-0.05, 0) is 38.5 Å². The molecule has 4 heteroatoms. The lowest BCUT2D eigenvalue weighted by atomic mass is 10.00. The van der Waals surface area contributed by atoms with Crippen LogP contribution >= 0.6 is 8.03 Å².